The number of rotatable bonds is 37. The second kappa shape index (κ2) is 29.6. The smallest absolute Gasteiger partial charge is 0.211 e. The summed E-state index contributed by atoms with van der Waals surface area (Å²) in [5.74, 6) is 1.77. The Bertz CT molecular complexity index is 1890. The number of aryl methyl sites for hydroxylation is 2. The number of thiophene rings is 4. The summed E-state index contributed by atoms with van der Waals surface area (Å²) in [7, 11) is 0. The Hall–Kier alpha value is -1.87. The Morgan fingerprint density at radius 2 is 0.806 bits per heavy atom. The fourth-order valence-electron chi connectivity index (χ4n) is 8.86. The standard InChI is InChI=1S/C54H83FO3S4/c1-6-9-12-15-18-21-24-27-30-33-36-56-48-43-39-41(4)59-51(43)49(57-37-34-31-28-25-22-19-16-13-10-7-2)44-40-45(61-52(44)48)53-46-47(55)54(62-50(46)42(5)60-53)58-38-35-32-29-26-23-20-17-14-11-8-3/h39-40H,6-38H2,1-5H3. The van der Waals surface area contributed by atoms with Crippen LogP contribution in [-0.4, -0.2) is 19.8 Å². The molecule has 0 radical (unpaired) electrons. The molecule has 4 heterocycles. The van der Waals surface area contributed by atoms with Crippen molar-refractivity contribution >= 4 is 75.6 Å². The van der Waals surface area contributed by atoms with Gasteiger partial charge >= 0.3 is 0 Å². The number of hydrogen-bond acceptors (Lipinski definition) is 7. The lowest BCUT2D eigenvalue weighted by Gasteiger charge is -2.14. The number of unbranched alkanes of at least 4 members (excludes halogenated alkanes) is 27. The van der Waals surface area contributed by atoms with Crippen LogP contribution in [0.1, 0.15) is 223 Å². The monoisotopic (exact) mass is 927 g/mol. The SMILES string of the molecule is CCCCCCCCCCCCOc1sc2c(C)sc(-c3cc4c(OCCCCCCCCCCCC)c5sc(C)cc5c(OCCCCCCCCCCCC)c4s3)c2c1F. The molecule has 0 fully saturated rings. The maximum Gasteiger partial charge on any atom is 0.211 e. The van der Waals surface area contributed by atoms with Crippen molar-refractivity contribution in [3.8, 4) is 26.3 Å². The number of benzene rings is 1. The van der Waals surface area contributed by atoms with Gasteiger partial charge in [-0.3, -0.25) is 0 Å². The third kappa shape index (κ3) is 15.9. The van der Waals surface area contributed by atoms with Gasteiger partial charge in [0, 0.05) is 25.4 Å². The molecule has 4 aromatic heterocycles. The molecule has 0 saturated carbocycles. The summed E-state index contributed by atoms with van der Waals surface area (Å²) in [6.45, 7) is 13.2. The van der Waals surface area contributed by atoms with Gasteiger partial charge in [-0.2, -0.15) is 0 Å². The second-order valence-electron chi connectivity index (χ2n) is 18.1. The number of fused-ring (bicyclic) bond motifs is 3. The lowest BCUT2D eigenvalue weighted by molar-refractivity contribution is 0.300. The van der Waals surface area contributed by atoms with Crippen molar-refractivity contribution in [3.63, 3.8) is 0 Å². The summed E-state index contributed by atoms with van der Waals surface area (Å²) in [6, 6.07) is 4.58. The van der Waals surface area contributed by atoms with Gasteiger partial charge in [0.1, 0.15) is 11.5 Å². The number of halogens is 1. The lowest BCUT2D eigenvalue weighted by atomic mass is 10.1. The van der Waals surface area contributed by atoms with E-state index >= 15 is 4.39 Å². The Kier molecular flexibility index (Phi) is 24.4. The van der Waals surface area contributed by atoms with E-state index in [1.165, 1.54) is 188 Å². The zero-order valence-corrected chi connectivity index (χ0v) is 43.0. The van der Waals surface area contributed by atoms with Crippen molar-refractivity contribution in [3.05, 3.63) is 27.7 Å². The van der Waals surface area contributed by atoms with Crippen LogP contribution in [0.25, 0.3) is 40.0 Å². The predicted octanol–water partition coefficient (Wildman–Crippen LogP) is 20.7. The van der Waals surface area contributed by atoms with Crippen LogP contribution in [0.2, 0.25) is 0 Å². The van der Waals surface area contributed by atoms with Crippen LogP contribution in [0, 0.1) is 19.7 Å². The van der Waals surface area contributed by atoms with E-state index in [0.717, 1.165) is 77.4 Å². The molecule has 0 aliphatic rings. The van der Waals surface area contributed by atoms with Crippen molar-refractivity contribution in [1.82, 2.24) is 0 Å². The highest BCUT2D eigenvalue weighted by molar-refractivity contribution is 7.30. The van der Waals surface area contributed by atoms with E-state index in [9.17, 15) is 0 Å². The maximum absolute atomic E-state index is 16.4. The first kappa shape index (κ1) is 51.1. The summed E-state index contributed by atoms with van der Waals surface area (Å²) >= 11 is 6.76. The van der Waals surface area contributed by atoms with Gasteiger partial charge < -0.3 is 14.2 Å². The molecular formula is C54H83FO3S4. The van der Waals surface area contributed by atoms with Crippen molar-refractivity contribution in [2.75, 3.05) is 19.8 Å². The molecule has 0 atom stereocenters. The second-order valence-corrected chi connectivity index (χ2v) is 22.6. The maximum atomic E-state index is 16.4. The van der Waals surface area contributed by atoms with Crippen LogP contribution in [-0.2, 0) is 0 Å². The summed E-state index contributed by atoms with van der Waals surface area (Å²) in [5.41, 5.74) is 0. The van der Waals surface area contributed by atoms with E-state index in [1.807, 2.05) is 11.3 Å². The molecule has 0 unspecified atom stereocenters. The minimum atomic E-state index is -0.194. The largest absolute Gasteiger partial charge is 0.491 e. The molecule has 8 heteroatoms. The van der Waals surface area contributed by atoms with Crippen LogP contribution >= 0.6 is 45.3 Å². The Morgan fingerprint density at radius 1 is 0.419 bits per heavy atom. The van der Waals surface area contributed by atoms with E-state index in [2.05, 4.69) is 46.8 Å². The number of hydrogen-bond donors (Lipinski definition) is 0. The summed E-state index contributed by atoms with van der Waals surface area (Å²) in [5, 5.41) is 3.44. The van der Waals surface area contributed by atoms with Gasteiger partial charge in [0.2, 0.25) is 5.06 Å². The van der Waals surface area contributed by atoms with Crippen molar-refractivity contribution in [2.45, 2.75) is 227 Å². The fourth-order valence-corrected chi connectivity index (χ4v) is 13.5. The van der Waals surface area contributed by atoms with Crippen molar-refractivity contribution < 1.29 is 18.6 Å². The number of ether oxygens (including phenoxy) is 3. The highest BCUT2D eigenvalue weighted by atomic mass is 32.1. The van der Waals surface area contributed by atoms with Gasteiger partial charge in [0.05, 0.1) is 44.2 Å². The molecule has 0 saturated heterocycles. The minimum Gasteiger partial charge on any atom is -0.491 e. The predicted molar refractivity (Wildman–Crippen MR) is 277 cm³/mol. The first-order chi connectivity index (χ1) is 30.5. The van der Waals surface area contributed by atoms with Gasteiger partial charge in [0.25, 0.3) is 0 Å². The zero-order valence-electron chi connectivity index (χ0n) is 39.7. The van der Waals surface area contributed by atoms with Gasteiger partial charge in [-0.1, -0.05) is 205 Å². The molecule has 348 valence electrons. The van der Waals surface area contributed by atoms with Crippen molar-refractivity contribution in [1.29, 1.82) is 0 Å². The van der Waals surface area contributed by atoms with Crippen LogP contribution in [0.4, 0.5) is 4.39 Å². The first-order valence-corrected chi connectivity index (χ1v) is 28.8. The third-order valence-electron chi connectivity index (χ3n) is 12.6. The molecule has 0 amide bonds. The summed E-state index contributed by atoms with van der Waals surface area (Å²) in [6.07, 6.45) is 38.8. The molecule has 0 aliphatic heterocycles. The molecule has 0 aliphatic carbocycles. The summed E-state index contributed by atoms with van der Waals surface area (Å²) in [4.78, 5) is 4.51. The van der Waals surface area contributed by atoms with E-state index in [0.29, 0.717) is 24.9 Å². The Morgan fingerprint density at radius 3 is 1.26 bits per heavy atom. The molecule has 0 bridgehead atoms. The zero-order chi connectivity index (χ0) is 43.8. The average molecular weight is 928 g/mol. The van der Waals surface area contributed by atoms with Gasteiger partial charge in [-0.15, -0.1) is 34.0 Å². The molecule has 5 aromatic rings. The molecule has 1 aromatic carbocycles. The summed E-state index contributed by atoms with van der Waals surface area (Å²) < 4.78 is 39.6. The molecular weight excluding hydrogens is 844 g/mol. The highest BCUT2D eigenvalue weighted by Crippen LogP contribution is 2.55. The van der Waals surface area contributed by atoms with Crippen LogP contribution in [0.15, 0.2) is 12.1 Å². The Balaban J connectivity index is 1.28. The normalized spacial score (nSPS) is 11.9. The topological polar surface area (TPSA) is 27.7 Å². The Labute approximate surface area is 392 Å². The molecule has 5 rings (SSSR count). The highest BCUT2D eigenvalue weighted by Gasteiger charge is 2.26. The van der Waals surface area contributed by atoms with Crippen LogP contribution in [0.3, 0.4) is 0 Å². The van der Waals surface area contributed by atoms with E-state index in [1.54, 1.807) is 22.7 Å². The fraction of sp³-hybridized carbons (Fsp3) is 0.704. The van der Waals surface area contributed by atoms with Gasteiger partial charge in [-0.25, -0.2) is 4.39 Å². The molecule has 3 nitrogen and oxygen atoms in total. The minimum absolute atomic E-state index is 0.194. The molecule has 62 heavy (non-hydrogen) atoms. The van der Waals surface area contributed by atoms with E-state index in [-0.39, 0.29) is 5.82 Å². The van der Waals surface area contributed by atoms with Crippen LogP contribution in [0.5, 0.6) is 16.6 Å². The third-order valence-corrected chi connectivity index (χ3v) is 17.3. The van der Waals surface area contributed by atoms with E-state index < -0.39 is 0 Å². The first-order valence-electron chi connectivity index (χ1n) is 25.6. The van der Waals surface area contributed by atoms with E-state index in [4.69, 9.17) is 14.2 Å². The average Bonchev–Trinajstić information content (AvgIpc) is 4.04. The van der Waals surface area contributed by atoms with Gasteiger partial charge in [-0.05, 0) is 45.2 Å². The van der Waals surface area contributed by atoms with Crippen molar-refractivity contribution in [2.24, 2.45) is 0 Å². The van der Waals surface area contributed by atoms with Crippen LogP contribution < -0.4 is 14.2 Å². The molecule has 0 spiro atoms. The van der Waals surface area contributed by atoms with Gasteiger partial charge in [0.15, 0.2) is 5.82 Å². The lowest BCUT2D eigenvalue weighted by Crippen LogP contribution is -2.00. The molecule has 0 N–H and O–H groups in total. The quantitative estimate of drug-likeness (QED) is 0.0372.